The Balaban J connectivity index is 0.00000400. The number of aliphatic imine (C=N–C) groups is 1. The van der Waals surface area contributed by atoms with Gasteiger partial charge in [0.1, 0.15) is 11.8 Å². The van der Waals surface area contributed by atoms with Crippen molar-refractivity contribution in [2.24, 2.45) is 10.9 Å². The first-order chi connectivity index (χ1) is 9.42. The summed E-state index contributed by atoms with van der Waals surface area (Å²) in [6.07, 6.45) is 3.43. The molecule has 117 valence electrons. The number of aromatic nitrogens is 1. The van der Waals surface area contributed by atoms with E-state index in [0.29, 0.717) is 23.2 Å². The van der Waals surface area contributed by atoms with E-state index in [9.17, 15) is 15.0 Å². The smallest absolute Gasteiger partial charge is 0.328 e. The minimum Gasteiger partial charge on any atom is -0.505 e. The number of carboxylic acid groups (broad SMARTS) is 1. The minimum atomic E-state index is -1.01. The monoisotopic (exact) mass is 379 g/mol. The van der Waals surface area contributed by atoms with E-state index in [2.05, 4.69) is 9.98 Å². The number of rotatable bonds is 6. The van der Waals surface area contributed by atoms with Crippen molar-refractivity contribution in [1.82, 2.24) is 4.98 Å². The van der Waals surface area contributed by atoms with E-state index in [1.807, 2.05) is 6.92 Å². The van der Waals surface area contributed by atoms with Gasteiger partial charge in [0.15, 0.2) is 0 Å². The molecule has 0 aromatic carbocycles. The van der Waals surface area contributed by atoms with E-state index in [1.165, 1.54) is 12.4 Å². The molecule has 0 spiro atoms. The standard InChI is InChI=1S/C14H20N2O4.Tc/c1-4-8(2)12(14(19)20)16-6-11-10(7-17)5-15-9(3)13(11)18;/h5-6,8,12,17-18H,4,7H2,1-3H3,(H,19,20);/t8-,12-;/m0./s1/i;1+1. The molecular weight excluding hydrogens is 359 g/mol. The van der Waals surface area contributed by atoms with Gasteiger partial charge in [0.25, 0.3) is 0 Å². The van der Waals surface area contributed by atoms with Crippen molar-refractivity contribution in [2.75, 3.05) is 0 Å². The van der Waals surface area contributed by atoms with Gasteiger partial charge in [0.2, 0.25) is 0 Å². The normalized spacial score (nSPS) is 13.7. The van der Waals surface area contributed by atoms with Crippen LogP contribution in [0.5, 0.6) is 5.75 Å². The van der Waals surface area contributed by atoms with Crippen LogP contribution in [0.2, 0.25) is 0 Å². The molecule has 3 N–H and O–H groups in total. The van der Waals surface area contributed by atoms with E-state index in [4.69, 9.17) is 5.11 Å². The largest absolute Gasteiger partial charge is 0.505 e. The number of aromatic hydroxyl groups is 1. The van der Waals surface area contributed by atoms with Gasteiger partial charge in [-0.25, -0.2) is 4.79 Å². The van der Waals surface area contributed by atoms with Crippen LogP contribution in [-0.2, 0) is 31.5 Å². The molecule has 0 aliphatic carbocycles. The van der Waals surface area contributed by atoms with Crippen LogP contribution < -0.4 is 0 Å². The zero-order valence-electron chi connectivity index (χ0n) is 12.2. The minimum absolute atomic E-state index is 0. The van der Waals surface area contributed by atoms with Gasteiger partial charge in [-0.3, -0.25) is 9.98 Å². The first-order valence-electron chi connectivity index (χ1n) is 6.46. The molecular formula is C14H20N2O4Tc. The number of carboxylic acids is 1. The molecule has 0 bridgehead atoms. The van der Waals surface area contributed by atoms with Crippen LogP contribution in [0.1, 0.15) is 37.1 Å². The molecule has 0 amide bonds. The average Bonchev–Trinajstić information content (AvgIpc) is 2.42. The number of aliphatic hydroxyl groups is 1. The summed E-state index contributed by atoms with van der Waals surface area (Å²) in [5, 5.41) is 28.3. The number of hydrogen-bond acceptors (Lipinski definition) is 5. The summed E-state index contributed by atoms with van der Waals surface area (Å²) < 4.78 is 0. The summed E-state index contributed by atoms with van der Waals surface area (Å²) in [5.74, 6) is -1.22. The summed E-state index contributed by atoms with van der Waals surface area (Å²) in [5.41, 5.74) is 1.12. The van der Waals surface area contributed by atoms with E-state index >= 15 is 0 Å². The third kappa shape index (κ3) is 4.88. The third-order valence-electron chi connectivity index (χ3n) is 3.33. The Labute approximate surface area is 137 Å². The topological polar surface area (TPSA) is 103 Å². The zero-order chi connectivity index (χ0) is 15.3. The van der Waals surface area contributed by atoms with Crippen molar-refractivity contribution >= 4 is 12.2 Å². The number of aryl methyl sites for hydroxylation is 1. The predicted molar refractivity (Wildman–Crippen MR) is 75.0 cm³/mol. The molecule has 1 rings (SSSR count). The van der Waals surface area contributed by atoms with Gasteiger partial charge in [-0.2, -0.15) is 0 Å². The maximum atomic E-state index is 11.2. The van der Waals surface area contributed by atoms with Gasteiger partial charge in [0, 0.05) is 43.6 Å². The van der Waals surface area contributed by atoms with Crippen molar-refractivity contribution in [3.63, 3.8) is 0 Å². The van der Waals surface area contributed by atoms with Crippen LogP contribution in [0, 0.1) is 12.8 Å². The quantitative estimate of drug-likeness (QED) is 0.650. The second kappa shape index (κ2) is 8.87. The number of aliphatic hydroxyl groups excluding tert-OH is 1. The summed E-state index contributed by atoms with van der Waals surface area (Å²) in [6.45, 7) is 5.02. The van der Waals surface area contributed by atoms with Crippen LogP contribution in [0.15, 0.2) is 11.2 Å². The molecule has 0 saturated heterocycles. The third-order valence-corrected chi connectivity index (χ3v) is 3.33. The van der Waals surface area contributed by atoms with Crippen molar-refractivity contribution in [3.05, 3.63) is 23.0 Å². The fourth-order valence-corrected chi connectivity index (χ4v) is 1.75. The molecule has 0 unspecified atom stereocenters. The molecule has 1 aromatic heterocycles. The van der Waals surface area contributed by atoms with Crippen LogP contribution in [0.25, 0.3) is 0 Å². The summed E-state index contributed by atoms with van der Waals surface area (Å²) in [4.78, 5) is 19.2. The van der Waals surface area contributed by atoms with Crippen LogP contribution in [0.3, 0.4) is 0 Å². The molecule has 0 saturated carbocycles. The van der Waals surface area contributed by atoms with Gasteiger partial charge < -0.3 is 15.3 Å². The fourth-order valence-electron chi connectivity index (χ4n) is 1.75. The van der Waals surface area contributed by atoms with Gasteiger partial charge in [-0.1, -0.05) is 20.3 Å². The molecule has 0 fully saturated rings. The van der Waals surface area contributed by atoms with Crippen molar-refractivity contribution in [2.45, 2.75) is 39.8 Å². The van der Waals surface area contributed by atoms with Crippen LogP contribution in [-0.4, -0.2) is 38.5 Å². The van der Waals surface area contributed by atoms with Crippen molar-refractivity contribution in [1.29, 1.82) is 0 Å². The molecule has 6 nitrogen and oxygen atoms in total. The first-order valence-corrected chi connectivity index (χ1v) is 6.46. The Morgan fingerprint density at radius 1 is 1.52 bits per heavy atom. The molecule has 1 radical (unpaired) electrons. The Morgan fingerprint density at radius 3 is 2.62 bits per heavy atom. The molecule has 7 heteroatoms. The number of carbonyl (C=O) groups is 1. The maximum Gasteiger partial charge on any atom is 0.328 e. The Hall–Kier alpha value is -1.30. The van der Waals surface area contributed by atoms with E-state index in [0.717, 1.165) is 0 Å². The fraction of sp³-hybridized carbons (Fsp3) is 0.500. The Kier molecular flexibility index (Phi) is 8.32. The molecule has 21 heavy (non-hydrogen) atoms. The zero-order valence-corrected chi connectivity index (χ0v) is 14.1. The second-order valence-corrected chi connectivity index (χ2v) is 4.74. The number of hydrogen-bond donors (Lipinski definition) is 3. The SMILES string of the molecule is CC[C@H](C)[C@H](N=Cc1c(CO)cnc(C)c1O)C(=O)O.[99Tc]. The molecule has 2 atom stereocenters. The van der Waals surface area contributed by atoms with E-state index in [-0.39, 0.29) is 38.4 Å². The molecule has 0 aliphatic heterocycles. The number of aliphatic carboxylic acids is 1. The summed E-state index contributed by atoms with van der Waals surface area (Å²) in [7, 11) is 0. The number of nitrogens with zero attached hydrogens (tertiary/aromatic N) is 2. The maximum absolute atomic E-state index is 11.2. The number of pyridine rings is 1. The molecule has 0 aliphatic rings. The summed E-state index contributed by atoms with van der Waals surface area (Å²) >= 11 is 0. The predicted octanol–water partition coefficient (Wildman–Crippen LogP) is 1.50. The van der Waals surface area contributed by atoms with Gasteiger partial charge in [-0.05, 0) is 12.8 Å². The van der Waals surface area contributed by atoms with Gasteiger partial charge >= 0.3 is 5.97 Å². The molecule has 1 heterocycles. The van der Waals surface area contributed by atoms with Gasteiger partial charge in [0.05, 0.1) is 12.3 Å². The van der Waals surface area contributed by atoms with Crippen LogP contribution in [0.4, 0.5) is 0 Å². The second-order valence-electron chi connectivity index (χ2n) is 4.74. The van der Waals surface area contributed by atoms with Crippen LogP contribution >= 0.6 is 0 Å². The van der Waals surface area contributed by atoms with E-state index in [1.54, 1.807) is 13.8 Å². The van der Waals surface area contributed by atoms with E-state index < -0.39 is 12.0 Å². The molecule has 1 aromatic rings. The van der Waals surface area contributed by atoms with Crippen molar-refractivity contribution in [3.8, 4) is 5.75 Å². The van der Waals surface area contributed by atoms with Gasteiger partial charge in [-0.15, -0.1) is 0 Å². The Bertz CT molecular complexity index is 520. The summed E-state index contributed by atoms with van der Waals surface area (Å²) in [6, 6.07) is -0.876. The first kappa shape index (κ1) is 19.7. The van der Waals surface area contributed by atoms with Crippen molar-refractivity contribution < 1.29 is 40.2 Å². The Morgan fingerprint density at radius 2 is 2.14 bits per heavy atom. The average molecular weight is 379 g/mol.